The van der Waals surface area contributed by atoms with Crippen LogP contribution in [0.2, 0.25) is 0 Å². The fourth-order valence-electron chi connectivity index (χ4n) is 2.68. The normalized spacial score (nSPS) is 18.4. The minimum absolute atomic E-state index is 0.291. The summed E-state index contributed by atoms with van der Waals surface area (Å²) in [6, 6.07) is 9.11. The van der Waals surface area contributed by atoms with Crippen LogP contribution in [0, 0.1) is 18.3 Å². The van der Waals surface area contributed by atoms with E-state index in [0.717, 1.165) is 12.8 Å². The van der Waals surface area contributed by atoms with Gasteiger partial charge in [0.2, 0.25) is 10.0 Å². The maximum atomic E-state index is 12.7. The Labute approximate surface area is 114 Å². The molecule has 0 radical (unpaired) electrons. The average molecular weight is 278 g/mol. The second-order valence-corrected chi connectivity index (χ2v) is 7.03. The standard InChI is InChI=1S/C14H18N2O2S/c1-12-7-3-4-8-13(12)19(17,18)16(2)14(11-15)9-5-6-10-14/h3-4,7-8H,5-6,9-10H2,1-2H3. The van der Waals surface area contributed by atoms with Crippen LogP contribution in [0.25, 0.3) is 0 Å². The SMILES string of the molecule is Cc1ccccc1S(=O)(=O)N(C)C1(C#N)CCCC1. The van der Waals surface area contributed by atoms with Crippen molar-refractivity contribution in [3.05, 3.63) is 29.8 Å². The molecular formula is C14H18N2O2S. The van der Waals surface area contributed by atoms with Gasteiger partial charge in [-0.2, -0.15) is 9.57 Å². The average Bonchev–Trinajstić information content (AvgIpc) is 2.88. The number of sulfonamides is 1. The number of hydrogen-bond acceptors (Lipinski definition) is 3. The maximum Gasteiger partial charge on any atom is 0.244 e. The molecule has 0 unspecified atom stereocenters. The van der Waals surface area contributed by atoms with E-state index in [9.17, 15) is 13.7 Å². The zero-order valence-electron chi connectivity index (χ0n) is 11.3. The topological polar surface area (TPSA) is 61.2 Å². The van der Waals surface area contributed by atoms with Crippen LogP contribution in [0.3, 0.4) is 0 Å². The Morgan fingerprint density at radius 1 is 1.26 bits per heavy atom. The number of aryl methyl sites for hydroxylation is 1. The van der Waals surface area contributed by atoms with Crippen molar-refractivity contribution in [3.63, 3.8) is 0 Å². The highest BCUT2D eigenvalue weighted by Gasteiger charge is 2.44. The van der Waals surface area contributed by atoms with E-state index in [1.807, 2.05) is 6.07 Å². The molecule has 0 heterocycles. The molecule has 1 aliphatic rings. The Morgan fingerprint density at radius 2 is 1.84 bits per heavy atom. The van der Waals surface area contributed by atoms with Crippen molar-refractivity contribution in [1.29, 1.82) is 5.26 Å². The van der Waals surface area contributed by atoms with Gasteiger partial charge in [0.1, 0.15) is 5.54 Å². The molecule has 4 nitrogen and oxygen atoms in total. The summed E-state index contributed by atoms with van der Waals surface area (Å²) < 4.78 is 26.6. The number of rotatable bonds is 3. The second kappa shape index (κ2) is 4.95. The van der Waals surface area contributed by atoms with Crippen molar-refractivity contribution < 1.29 is 8.42 Å². The van der Waals surface area contributed by atoms with Crippen LogP contribution in [0.4, 0.5) is 0 Å². The molecule has 0 bridgehead atoms. The second-order valence-electron chi connectivity index (χ2n) is 5.09. The van der Waals surface area contributed by atoms with Crippen LogP contribution in [0.5, 0.6) is 0 Å². The van der Waals surface area contributed by atoms with Crippen molar-refractivity contribution >= 4 is 10.0 Å². The van der Waals surface area contributed by atoms with Gasteiger partial charge in [-0.05, 0) is 31.4 Å². The Balaban J connectivity index is 2.46. The summed E-state index contributed by atoms with van der Waals surface area (Å²) in [5.41, 5.74) is -0.165. The summed E-state index contributed by atoms with van der Waals surface area (Å²) in [7, 11) is -2.09. The summed E-state index contributed by atoms with van der Waals surface area (Å²) >= 11 is 0. The van der Waals surface area contributed by atoms with Gasteiger partial charge in [0.15, 0.2) is 0 Å². The summed E-state index contributed by atoms with van der Waals surface area (Å²) in [6.07, 6.45) is 3.04. The van der Waals surface area contributed by atoms with E-state index in [1.54, 1.807) is 25.1 Å². The van der Waals surface area contributed by atoms with E-state index in [2.05, 4.69) is 6.07 Å². The van der Waals surface area contributed by atoms with Crippen LogP contribution in [0.15, 0.2) is 29.2 Å². The first-order chi connectivity index (χ1) is 8.94. The molecule has 1 fully saturated rings. The van der Waals surface area contributed by atoms with Crippen molar-refractivity contribution in [1.82, 2.24) is 4.31 Å². The van der Waals surface area contributed by atoms with Crippen LogP contribution < -0.4 is 0 Å². The first-order valence-electron chi connectivity index (χ1n) is 6.40. The third-order valence-electron chi connectivity index (χ3n) is 3.97. The number of benzene rings is 1. The van der Waals surface area contributed by atoms with E-state index in [-0.39, 0.29) is 0 Å². The molecule has 0 N–H and O–H groups in total. The third-order valence-corrected chi connectivity index (χ3v) is 6.06. The van der Waals surface area contributed by atoms with Gasteiger partial charge in [0.25, 0.3) is 0 Å². The minimum Gasteiger partial charge on any atom is -0.207 e. The van der Waals surface area contributed by atoms with Crippen LogP contribution in [-0.4, -0.2) is 25.3 Å². The van der Waals surface area contributed by atoms with Gasteiger partial charge in [0.05, 0.1) is 11.0 Å². The van der Waals surface area contributed by atoms with Crippen LogP contribution in [-0.2, 0) is 10.0 Å². The van der Waals surface area contributed by atoms with Gasteiger partial charge in [-0.3, -0.25) is 0 Å². The molecule has 0 saturated heterocycles. The van der Waals surface area contributed by atoms with Gasteiger partial charge < -0.3 is 0 Å². The van der Waals surface area contributed by atoms with Crippen LogP contribution >= 0.6 is 0 Å². The van der Waals surface area contributed by atoms with Crippen LogP contribution in [0.1, 0.15) is 31.2 Å². The Hall–Kier alpha value is -1.38. The lowest BCUT2D eigenvalue weighted by Crippen LogP contribution is -2.46. The van der Waals surface area contributed by atoms with Crippen molar-refractivity contribution in [3.8, 4) is 6.07 Å². The summed E-state index contributed by atoms with van der Waals surface area (Å²) in [5, 5.41) is 9.41. The smallest absolute Gasteiger partial charge is 0.207 e. The molecule has 0 atom stereocenters. The quantitative estimate of drug-likeness (QED) is 0.853. The Morgan fingerprint density at radius 3 is 2.37 bits per heavy atom. The van der Waals surface area contributed by atoms with Gasteiger partial charge in [-0.1, -0.05) is 31.0 Å². The summed E-state index contributed by atoms with van der Waals surface area (Å²) in [5.74, 6) is 0. The lowest BCUT2D eigenvalue weighted by Gasteiger charge is -2.31. The number of nitriles is 1. The molecule has 5 heteroatoms. The fraction of sp³-hybridized carbons (Fsp3) is 0.500. The van der Waals surface area contributed by atoms with E-state index in [0.29, 0.717) is 23.3 Å². The van der Waals surface area contributed by atoms with Gasteiger partial charge in [-0.15, -0.1) is 0 Å². The third kappa shape index (κ3) is 2.26. The highest BCUT2D eigenvalue weighted by Crippen LogP contribution is 2.37. The predicted molar refractivity (Wildman–Crippen MR) is 72.9 cm³/mol. The molecule has 2 rings (SSSR count). The highest BCUT2D eigenvalue weighted by molar-refractivity contribution is 7.89. The molecule has 0 aliphatic heterocycles. The molecule has 1 aromatic rings. The van der Waals surface area contributed by atoms with E-state index in [4.69, 9.17) is 0 Å². The highest BCUT2D eigenvalue weighted by atomic mass is 32.2. The monoisotopic (exact) mass is 278 g/mol. The Bertz CT molecular complexity index is 611. The van der Waals surface area contributed by atoms with Crippen molar-refractivity contribution in [2.75, 3.05) is 7.05 Å². The van der Waals surface area contributed by atoms with Gasteiger partial charge in [-0.25, -0.2) is 8.42 Å². The minimum atomic E-state index is -3.61. The molecule has 102 valence electrons. The molecule has 0 spiro atoms. The molecule has 1 saturated carbocycles. The summed E-state index contributed by atoms with van der Waals surface area (Å²) in [6.45, 7) is 1.77. The number of hydrogen-bond donors (Lipinski definition) is 0. The first kappa shape index (κ1) is 14.0. The first-order valence-corrected chi connectivity index (χ1v) is 7.84. The molecular weight excluding hydrogens is 260 g/mol. The molecule has 1 aromatic carbocycles. The molecule has 0 amide bonds. The molecule has 0 aromatic heterocycles. The predicted octanol–water partition coefficient (Wildman–Crippen LogP) is 2.45. The lowest BCUT2D eigenvalue weighted by atomic mass is 10.0. The van der Waals surface area contributed by atoms with Gasteiger partial charge >= 0.3 is 0 Å². The molecule has 1 aliphatic carbocycles. The number of nitrogens with zero attached hydrogens (tertiary/aromatic N) is 2. The largest absolute Gasteiger partial charge is 0.244 e. The zero-order chi connectivity index (χ0) is 14.1. The lowest BCUT2D eigenvalue weighted by molar-refractivity contribution is 0.293. The van der Waals surface area contributed by atoms with Crippen molar-refractivity contribution in [2.45, 2.75) is 43.0 Å². The van der Waals surface area contributed by atoms with E-state index >= 15 is 0 Å². The van der Waals surface area contributed by atoms with E-state index in [1.165, 1.54) is 11.4 Å². The zero-order valence-corrected chi connectivity index (χ0v) is 12.1. The van der Waals surface area contributed by atoms with E-state index < -0.39 is 15.6 Å². The Kier molecular flexibility index (Phi) is 3.66. The van der Waals surface area contributed by atoms with Gasteiger partial charge in [0, 0.05) is 7.05 Å². The van der Waals surface area contributed by atoms with Crippen molar-refractivity contribution in [2.24, 2.45) is 0 Å². The fourth-order valence-corrected chi connectivity index (χ4v) is 4.38. The molecule has 19 heavy (non-hydrogen) atoms. The maximum absolute atomic E-state index is 12.7. The summed E-state index contributed by atoms with van der Waals surface area (Å²) in [4.78, 5) is 0.291.